The van der Waals surface area contributed by atoms with Gasteiger partial charge in [-0.05, 0) is 48.6 Å². The molecule has 0 atom stereocenters. The van der Waals surface area contributed by atoms with Crippen LogP contribution in [0.4, 0.5) is 5.69 Å². The van der Waals surface area contributed by atoms with Crippen molar-refractivity contribution in [3.05, 3.63) is 53.1 Å². The van der Waals surface area contributed by atoms with Crippen LogP contribution in [0.1, 0.15) is 47.7 Å². The van der Waals surface area contributed by atoms with E-state index in [-0.39, 0.29) is 5.91 Å². The number of carbonyl (C=O) groups excluding carboxylic acids is 1. The van der Waals surface area contributed by atoms with Crippen molar-refractivity contribution in [2.45, 2.75) is 39.0 Å². The van der Waals surface area contributed by atoms with E-state index in [0.717, 1.165) is 49.9 Å². The molecule has 1 heterocycles. The first kappa shape index (κ1) is 20.1. The fourth-order valence-electron chi connectivity index (χ4n) is 3.55. The smallest absolute Gasteiger partial charge is 0.258 e. The van der Waals surface area contributed by atoms with Gasteiger partial charge in [0.1, 0.15) is 0 Å². The molecule has 0 saturated heterocycles. The van der Waals surface area contributed by atoms with Gasteiger partial charge < -0.3 is 20.1 Å². The minimum absolute atomic E-state index is 0.0288. The molecule has 0 fully saturated rings. The number of nitrogen functional groups attached to an aromatic ring is 1. The molecular weight excluding hydrogens is 352 g/mol. The van der Waals surface area contributed by atoms with Gasteiger partial charge in [-0.1, -0.05) is 38.0 Å². The van der Waals surface area contributed by atoms with E-state index in [1.807, 2.05) is 41.3 Å². The molecule has 1 amide bonds. The maximum Gasteiger partial charge on any atom is 0.258 e. The van der Waals surface area contributed by atoms with Gasteiger partial charge in [-0.25, -0.2) is 0 Å². The Morgan fingerprint density at radius 1 is 1.11 bits per heavy atom. The van der Waals surface area contributed by atoms with E-state index >= 15 is 0 Å². The van der Waals surface area contributed by atoms with Crippen LogP contribution in [0.2, 0.25) is 0 Å². The summed E-state index contributed by atoms with van der Waals surface area (Å²) < 4.78 is 11.5. The van der Waals surface area contributed by atoms with Crippen molar-refractivity contribution in [3.63, 3.8) is 0 Å². The third kappa shape index (κ3) is 4.58. The van der Waals surface area contributed by atoms with Gasteiger partial charge in [0, 0.05) is 18.8 Å². The van der Waals surface area contributed by atoms with E-state index in [4.69, 9.17) is 15.2 Å². The molecule has 2 N–H and O–H groups in total. The second kappa shape index (κ2) is 9.49. The van der Waals surface area contributed by atoms with E-state index in [0.29, 0.717) is 30.2 Å². The number of nitrogens with two attached hydrogens (primary N) is 1. The molecule has 0 aliphatic carbocycles. The monoisotopic (exact) mass is 382 g/mol. The van der Waals surface area contributed by atoms with E-state index in [1.54, 1.807) is 7.11 Å². The normalized spacial score (nSPS) is 13.4. The lowest BCUT2D eigenvalue weighted by Crippen LogP contribution is -2.39. The van der Waals surface area contributed by atoms with Crippen molar-refractivity contribution < 1.29 is 14.3 Å². The number of benzene rings is 2. The van der Waals surface area contributed by atoms with Gasteiger partial charge >= 0.3 is 0 Å². The van der Waals surface area contributed by atoms with Crippen LogP contribution in [-0.4, -0.2) is 37.6 Å². The number of nitrogens with zero attached hydrogens (tertiary/aromatic N) is 1. The fraction of sp³-hybridized carbons (Fsp3) is 0.435. The first-order chi connectivity index (χ1) is 13.6. The Hall–Kier alpha value is -2.69. The molecule has 0 bridgehead atoms. The Morgan fingerprint density at radius 3 is 2.61 bits per heavy atom. The number of fused-ring (bicyclic) bond motifs is 1. The Kier molecular flexibility index (Phi) is 6.80. The second-order valence-electron chi connectivity index (χ2n) is 7.22. The van der Waals surface area contributed by atoms with Crippen LogP contribution in [-0.2, 0) is 12.8 Å². The van der Waals surface area contributed by atoms with Crippen molar-refractivity contribution in [1.82, 2.24) is 4.90 Å². The van der Waals surface area contributed by atoms with Crippen LogP contribution in [0.15, 0.2) is 36.4 Å². The highest BCUT2D eigenvalue weighted by molar-refractivity contribution is 6.00. The summed E-state index contributed by atoms with van der Waals surface area (Å²) in [6.45, 7) is 4.16. The summed E-state index contributed by atoms with van der Waals surface area (Å²) >= 11 is 0. The van der Waals surface area contributed by atoms with Gasteiger partial charge in [0.05, 0.1) is 19.3 Å². The van der Waals surface area contributed by atoms with E-state index in [9.17, 15) is 4.79 Å². The summed E-state index contributed by atoms with van der Waals surface area (Å²) in [5.74, 6) is 1.25. The summed E-state index contributed by atoms with van der Waals surface area (Å²) in [5, 5.41) is 0. The number of hydrogen-bond donors (Lipinski definition) is 1. The number of unbranched alkanes of at least 4 members (excludes halogenated alkanes) is 2. The second-order valence-corrected chi connectivity index (χ2v) is 7.22. The first-order valence-electron chi connectivity index (χ1n) is 10.1. The van der Waals surface area contributed by atoms with Gasteiger partial charge in [0.15, 0.2) is 11.5 Å². The van der Waals surface area contributed by atoms with Gasteiger partial charge in [0.25, 0.3) is 5.91 Å². The largest absolute Gasteiger partial charge is 0.493 e. The average Bonchev–Trinajstić information content (AvgIpc) is 2.71. The third-order valence-electron chi connectivity index (χ3n) is 5.22. The molecular formula is C23H30N2O3. The predicted molar refractivity (Wildman–Crippen MR) is 112 cm³/mol. The average molecular weight is 383 g/mol. The third-order valence-corrected chi connectivity index (χ3v) is 5.22. The Balaban J connectivity index is 1.76. The molecule has 1 aliphatic heterocycles. The maximum atomic E-state index is 13.2. The van der Waals surface area contributed by atoms with Crippen LogP contribution in [0.3, 0.4) is 0 Å². The van der Waals surface area contributed by atoms with Gasteiger partial charge in [0.2, 0.25) is 0 Å². The Bertz CT molecular complexity index is 802. The molecule has 150 valence electrons. The molecule has 0 spiro atoms. The number of ether oxygens (including phenoxy) is 2. The molecule has 1 aliphatic rings. The van der Waals surface area contributed by atoms with Crippen LogP contribution >= 0.6 is 0 Å². The molecule has 5 heteroatoms. The van der Waals surface area contributed by atoms with Crippen molar-refractivity contribution in [3.8, 4) is 11.5 Å². The minimum atomic E-state index is 0.0288. The number of anilines is 1. The highest BCUT2D eigenvalue weighted by Crippen LogP contribution is 2.37. The number of methoxy groups -OCH3 is 1. The van der Waals surface area contributed by atoms with Crippen molar-refractivity contribution in [2.75, 3.05) is 32.5 Å². The van der Waals surface area contributed by atoms with Crippen LogP contribution in [0.25, 0.3) is 0 Å². The van der Waals surface area contributed by atoms with E-state index in [2.05, 4.69) is 6.92 Å². The first-order valence-corrected chi connectivity index (χ1v) is 10.1. The zero-order valence-corrected chi connectivity index (χ0v) is 16.9. The molecule has 2 aromatic carbocycles. The van der Waals surface area contributed by atoms with E-state index < -0.39 is 0 Å². The molecule has 0 unspecified atom stereocenters. The molecule has 3 rings (SSSR count). The van der Waals surface area contributed by atoms with Gasteiger partial charge in [-0.3, -0.25) is 4.79 Å². The highest BCUT2D eigenvalue weighted by Gasteiger charge is 2.29. The van der Waals surface area contributed by atoms with Crippen LogP contribution < -0.4 is 15.2 Å². The zero-order valence-electron chi connectivity index (χ0n) is 16.9. The molecule has 5 nitrogen and oxygen atoms in total. The quantitative estimate of drug-likeness (QED) is 0.524. The Labute approximate surface area is 167 Å². The van der Waals surface area contributed by atoms with E-state index in [1.165, 1.54) is 5.56 Å². The van der Waals surface area contributed by atoms with Gasteiger partial charge in [-0.15, -0.1) is 0 Å². The lowest BCUT2D eigenvalue weighted by atomic mass is 9.97. The minimum Gasteiger partial charge on any atom is -0.493 e. The number of rotatable bonds is 9. The molecule has 0 saturated carbocycles. The standard InChI is InChI=1S/C23H30N2O3/c1-3-4-5-16-28-22-20(27-2)11-8-18-13-15-25(23(26)21(18)22)14-12-17-6-9-19(24)10-7-17/h6-11H,3-5,12-16,24H2,1-2H3. The summed E-state index contributed by atoms with van der Waals surface area (Å²) in [6, 6.07) is 11.7. The van der Waals surface area contributed by atoms with Crippen molar-refractivity contribution in [2.24, 2.45) is 0 Å². The molecule has 2 aromatic rings. The lowest BCUT2D eigenvalue weighted by molar-refractivity contribution is 0.0735. The number of amides is 1. The lowest BCUT2D eigenvalue weighted by Gasteiger charge is -2.30. The van der Waals surface area contributed by atoms with Gasteiger partial charge in [-0.2, -0.15) is 0 Å². The number of hydrogen-bond acceptors (Lipinski definition) is 4. The summed E-state index contributed by atoms with van der Waals surface area (Å²) in [5.41, 5.74) is 9.39. The topological polar surface area (TPSA) is 64.8 Å². The Morgan fingerprint density at radius 2 is 1.89 bits per heavy atom. The van der Waals surface area contributed by atoms with Crippen LogP contribution in [0.5, 0.6) is 11.5 Å². The predicted octanol–water partition coefficient (Wildman–Crippen LogP) is 4.09. The fourth-order valence-corrected chi connectivity index (χ4v) is 3.55. The van der Waals surface area contributed by atoms with Crippen LogP contribution in [0, 0.1) is 0 Å². The molecule has 0 radical (unpaired) electrons. The summed E-state index contributed by atoms with van der Waals surface area (Å²) in [6.07, 6.45) is 4.85. The SMILES string of the molecule is CCCCCOc1c(OC)ccc2c1C(=O)N(CCc1ccc(N)cc1)CC2. The van der Waals surface area contributed by atoms with Crippen molar-refractivity contribution >= 4 is 11.6 Å². The molecule has 28 heavy (non-hydrogen) atoms. The molecule has 0 aromatic heterocycles. The highest BCUT2D eigenvalue weighted by atomic mass is 16.5. The summed E-state index contributed by atoms with van der Waals surface area (Å²) in [4.78, 5) is 15.2. The van der Waals surface area contributed by atoms with Crippen molar-refractivity contribution in [1.29, 1.82) is 0 Å². The number of carbonyl (C=O) groups is 1. The zero-order chi connectivity index (χ0) is 19.9. The summed E-state index contributed by atoms with van der Waals surface area (Å²) in [7, 11) is 1.62. The maximum absolute atomic E-state index is 13.2.